The molecule has 0 saturated carbocycles. The first-order valence-electron chi connectivity index (χ1n) is 6.17. The Labute approximate surface area is 116 Å². The summed E-state index contributed by atoms with van der Waals surface area (Å²) in [6, 6.07) is 7.80. The van der Waals surface area contributed by atoms with Crippen LogP contribution in [0.25, 0.3) is 0 Å². The molecular formula is C14H23NO3S. The predicted molar refractivity (Wildman–Crippen MR) is 78.3 cm³/mol. The molecule has 0 atom stereocenters. The summed E-state index contributed by atoms with van der Waals surface area (Å²) in [6.07, 6.45) is 1.28. The second kappa shape index (κ2) is 5.92. The van der Waals surface area contributed by atoms with Gasteiger partial charge in [0.25, 0.3) is 0 Å². The third-order valence-corrected chi connectivity index (χ3v) is 5.38. The lowest BCUT2D eigenvalue weighted by Gasteiger charge is -2.28. The minimum absolute atomic E-state index is 0.489. The van der Waals surface area contributed by atoms with Crippen molar-refractivity contribution in [2.75, 3.05) is 27.0 Å². The number of sulfone groups is 1. The standard InChI is InChI=1S/C14H23NO3S/c1-14(2,19(5,16)17)11-15(3)10-12-7-6-8-13(9-12)18-4/h6-9H,10-11H2,1-5H3. The van der Waals surface area contributed by atoms with Gasteiger partial charge in [0.05, 0.1) is 11.9 Å². The highest BCUT2D eigenvalue weighted by atomic mass is 32.2. The number of benzene rings is 1. The average molecular weight is 285 g/mol. The number of methoxy groups -OCH3 is 1. The molecule has 0 radical (unpaired) electrons. The molecular weight excluding hydrogens is 262 g/mol. The monoisotopic (exact) mass is 285 g/mol. The SMILES string of the molecule is COc1cccc(CN(C)CC(C)(C)S(C)(=O)=O)c1. The molecule has 1 rings (SSSR count). The molecule has 0 N–H and O–H groups in total. The molecule has 0 bridgehead atoms. The fourth-order valence-corrected chi connectivity index (χ4v) is 2.36. The summed E-state index contributed by atoms with van der Waals surface area (Å²) in [4.78, 5) is 2.01. The highest BCUT2D eigenvalue weighted by Gasteiger charge is 2.31. The summed E-state index contributed by atoms with van der Waals surface area (Å²) in [5, 5.41) is 0. The Hall–Kier alpha value is -1.07. The van der Waals surface area contributed by atoms with Crippen LogP contribution in [-0.4, -0.2) is 45.0 Å². The number of rotatable bonds is 6. The lowest BCUT2D eigenvalue weighted by atomic mass is 10.1. The lowest BCUT2D eigenvalue weighted by Crippen LogP contribution is -2.42. The van der Waals surface area contributed by atoms with Crippen LogP contribution >= 0.6 is 0 Å². The van der Waals surface area contributed by atoms with Gasteiger partial charge in [-0.05, 0) is 38.6 Å². The first-order valence-corrected chi connectivity index (χ1v) is 8.06. The Bertz CT molecular complexity index is 523. The Kier molecular flexibility index (Phi) is 4.98. The van der Waals surface area contributed by atoms with Crippen LogP contribution in [0.3, 0.4) is 0 Å². The molecule has 0 aromatic heterocycles. The van der Waals surface area contributed by atoms with Gasteiger partial charge in [0.15, 0.2) is 9.84 Å². The van der Waals surface area contributed by atoms with E-state index in [2.05, 4.69) is 0 Å². The van der Waals surface area contributed by atoms with Crippen molar-refractivity contribution in [2.45, 2.75) is 25.1 Å². The molecule has 0 fully saturated rings. The molecule has 19 heavy (non-hydrogen) atoms. The summed E-state index contributed by atoms with van der Waals surface area (Å²) in [5.74, 6) is 0.813. The van der Waals surface area contributed by atoms with Gasteiger partial charge in [-0.2, -0.15) is 0 Å². The molecule has 0 aliphatic heterocycles. The molecule has 0 aliphatic carbocycles. The summed E-state index contributed by atoms with van der Waals surface area (Å²) >= 11 is 0. The van der Waals surface area contributed by atoms with E-state index >= 15 is 0 Å². The molecule has 0 heterocycles. The van der Waals surface area contributed by atoms with Crippen LogP contribution in [0.15, 0.2) is 24.3 Å². The largest absolute Gasteiger partial charge is 0.497 e. The minimum atomic E-state index is -3.07. The topological polar surface area (TPSA) is 46.6 Å². The Balaban J connectivity index is 2.72. The fourth-order valence-electron chi connectivity index (χ4n) is 1.91. The van der Waals surface area contributed by atoms with E-state index in [1.807, 2.05) is 36.2 Å². The van der Waals surface area contributed by atoms with Gasteiger partial charge < -0.3 is 9.64 Å². The van der Waals surface area contributed by atoms with Crippen LogP contribution in [-0.2, 0) is 16.4 Å². The first-order chi connectivity index (χ1) is 8.65. The molecule has 0 amide bonds. The number of nitrogens with zero attached hydrogens (tertiary/aromatic N) is 1. The van der Waals surface area contributed by atoms with Crippen molar-refractivity contribution in [2.24, 2.45) is 0 Å². The maximum atomic E-state index is 11.7. The van der Waals surface area contributed by atoms with Crippen LogP contribution < -0.4 is 4.74 Å². The fraction of sp³-hybridized carbons (Fsp3) is 0.571. The van der Waals surface area contributed by atoms with Crippen molar-refractivity contribution in [3.8, 4) is 5.75 Å². The van der Waals surface area contributed by atoms with E-state index in [4.69, 9.17) is 4.74 Å². The zero-order valence-electron chi connectivity index (χ0n) is 12.3. The summed E-state index contributed by atoms with van der Waals surface area (Å²) in [7, 11) is 0.489. The summed E-state index contributed by atoms with van der Waals surface area (Å²) in [5.41, 5.74) is 1.10. The highest BCUT2D eigenvalue weighted by Crippen LogP contribution is 2.19. The van der Waals surface area contributed by atoms with Crippen LogP contribution in [0.4, 0.5) is 0 Å². The predicted octanol–water partition coefficient (Wildman–Crippen LogP) is 1.95. The Morgan fingerprint density at radius 2 is 1.95 bits per heavy atom. The van der Waals surface area contributed by atoms with Crippen LogP contribution in [0, 0.1) is 0 Å². The van der Waals surface area contributed by atoms with Crippen LogP contribution in [0.1, 0.15) is 19.4 Å². The molecule has 0 aliphatic rings. The van der Waals surface area contributed by atoms with Gasteiger partial charge in [0.2, 0.25) is 0 Å². The van der Waals surface area contributed by atoms with E-state index in [0.717, 1.165) is 11.3 Å². The Morgan fingerprint density at radius 1 is 1.32 bits per heavy atom. The molecule has 1 aromatic carbocycles. The van der Waals surface area contributed by atoms with Gasteiger partial charge in [0.1, 0.15) is 5.75 Å². The van der Waals surface area contributed by atoms with Gasteiger partial charge in [-0.1, -0.05) is 12.1 Å². The first kappa shape index (κ1) is 16.0. The van der Waals surface area contributed by atoms with Gasteiger partial charge in [-0.15, -0.1) is 0 Å². The van der Waals surface area contributed by atoms with E-state index < -0.39 is 14.6 Å². The van der Waals surface area contributed by atoms with Crippen LogP contribution in [0.5, 0.6) is 5.75 Å². The van der Waals surface area contributed by atoms with Gasteiger partial charge in [-0.25, -0.2) is 8.42 Å². The third-order valence-electron chi connectivity index (χ3n) is 3.24. The average Bonchev–Trinajstić information content (AvgIpc) is 2.26. The Morgan fingerprint density at radius 3 is 2.47 bits per heavy atom. The van der Waals surface area contributed by atoms with Crippen molar-refractivity contribution in [1.82, 2.24) is 4.90 Å². The smallest absolute Gasteiger partial charge is 0.153 e. The second-order valence-electron chi connectivity index (χ2n) is 5.56. The van der Waals surface area contributed by atoms with Crippen molar-refractivity contribution < 1.29 is 13.2 Å². The zero-order valence-corrected chi connectivity index (χ0v) is 13.1. The van der Waals surface area contributed by atoms with Gasteiger partial charge >= 0.3 is 0 Å². The second-order valence-corrected chi connectivity index (χ2v) is 8.21. The molecule has 108 valence electrons. The number of hydrogen-bond acceptors (Lipinski definition) is 4. The van der Waals surface area contributed by atoms with E-state index in [9.17, 15) is 8.42 Å². The van der Waals surface area contributed by atoms with Gasteiger partial charge in [-0.3, -0.25) is 0 Å². The molecule has 0 unspecified atom stereocenters. The van der Waals surface area contributed by atoms with E-state index in [1.165, 1.54) is 6.26 Å². The molecule has 0 saturated heterocycles. The van der Waals surface area contributed by atoms with Crippen molar-refractivity contribution in [3.05, 3.63) is 29.8 Å². The van der Waals surface area contributed by atoms with Crippen molar-refractivity contribution in [3.63, 3.8) is 0 Å². The molecule has 0 spiro atoms. The molecule has 4 nitrogen and oxygen atoms in total. The lowest BCUT2D eigenvalue weighted by molar-refractivity contribution is 0.296. The number of hydrogen-bond donors (Lipinski definition) is 0. The summed E-state index contributed by atoms with van der Waals surface area (Å²) in [6.45, 7) is 4.69. The zero-order chi connectivity index (χ0) is 14.7. The molecule has 5 heteroatoms. The maximum absolute atomic E-state index is 11.7. The quantitative estimate of drug-likeness (QED) is 0.801. The summed E-state index contributed by atoms with van der Waals surface area (Å²) < 4.78 is 27.8. The minimum Gasteiger partial charge on any atom is -0.497 e. The number of ether oxygens (including phenoxy) is 1. The maximum Gasteiger partial charge on any atom is 0.153 e. The van der Waals surface area contributed by atoms with E-state index in [-0.39, 0.29) is 0 Å². The third kappa shape index (κ3) is 4.51. The van der Waals surface area contributed by atoms with Crippen molar-refractivity contribution in [1.29, 1.82) is 0 Å². The normalized spacial score (nSPS) is 12.7. The van der Waals surface area contributed by atoms with Gasteiger partial charge in [0, 0.05) is 19.3 Å². The highest BCUT2D eigenvalue weighted by molar-refractivity contribution is 7.92. The van der Waals surface area contributed by atoms with Crippen LogP contribution in [0.2, 0.25) is 0 Å². The van der Waals surface area contributed by atoms with E-state index in [1.54, 1.807) is 21.0 Å². The van der Waals surface area contributed by atoms with E-state index in [0.29, 0.717) is 13.1 Å². The molecule has 1 aromatic rings. The van der Waals surface area contributed by atoms with Crippen molar-refractivity contribution >= 4 is 9.84 Å².